The minimum Gasteiger partial charge on any atom is -0.454 e. The second-order valence-corrected chi connectivity index (χ2v) is 10.0. The summed E-state index contributed by atoms with van der Waals surface area (Å²) in [5.74, 6) is 1.53. The lowest BCUT2D eigenvalue weighted by molar-refractivity contribution is -0.130. The first kappa shape index (κ1) is 20.9. The third-order valence-electron chi connectivity index (χ3n) is 4.85. The molecular weight excluding hydrogens is 434 g/mol. The van der Waals surface area contributed by atoms with Crippen LogP contribution in [0.5, 0.6) is 11.5 Å². The summed E-state index contributed by atoms with van der Waals surface area (Å²) in [6.07, 6.45) is 0.442. The van der Waals surface area contributed by atoms with Gasteiger partial charge in [-0.25, -0.2) is 8.42 Å². The maximum Gasteiger partial charge on any atom is 0.277 e. The van der Waals surface area contributed by atoms with Crippen LogP contribution in [0.2, 0.25) is 0 Å². The summed E-state index contributed by atoms with van der Waals surface area (Å²) in [6.45, 7) is 0.845. The van der Waals surface area contributed by atoms with Crippen molar-refractivity contribution in [3.63, 3.8) is 0 Å². The van der Waals surface area contributed by atoms with Gasteiger partial charge in [0, 0.05) is 25.3 Å². The summed E-state index contributed by atoms with van der Waals surface area (Å²) in [5, 5.41) is 8.26. The van der Waals surface area contributed by atoms with E-state index < -0.39 is 9.84 Å². The minimum atomic E-state index is -3.10. The SMILES string of the molecule is COCCN(C(=O)CSc1nnc(-c2ccc3c(c2)OCO3)o1)[C@H]1CCS(=O)(=O)C1. The molecule has 2 aliphatic rings. The van der Waals surface area contributed by atoms with Gasteiger partial charge in [-0.1, -0.05) is 11.8 Å². The lowest BCUT2D eigenvalue weighted by Crippen LogP contribution is -2.44. The molecule has 10 nitrogen and oxygen atoms in total. The number of ether oxygens (including phenoxy) is 3. The molecule has 2 aliphatic heterocycles. The van der Waals surface area contributed by atoms with Gasteiger partial charge in [0.2, 0.25) is 18.6 Å². The van der Waals surface area contributed by atoms with E-state index in [2.05, 4.69) is 10.2 Å². The van der Waals surface area contributed by atoms with Gasteiger partial charge >= 0.3 is 0 Å². The third kappa shape index (κ3) is 4.71. The summed E-state index contributed by atoms with van der Waals surface area (Å²) >= 11 is 1.11. The quantitative estimate of drug-likeness (QED) is 0.537. The highest BCUT2D eigenvalue weighted by Crippen LogP contribution is 2.36. The van der Waals surface area contributed by atoms with Crippen molar-refractivity contribution in [3.8, 4) is 23.0 Å². The number of thioether (sulfide) groups is 1. The first-order valence-corrected chi connectivity index (χ1v) is 12.1. The highest BCUT2D eigenvalue weighted by Gasteiger charge is 2.34. The zero-order valence-electron chi connectivity index (χ0n) is 16.3. The lowest BCUT2D eigenvalue weighted by Gasteiger charge is -2.27. The second kappa shape index (κ2) is 8.82. The van der Waals surface area contributed by atoms with Crippen LogP contribution in [0.1, 0.15) is 6.42 Å². The molecule has 0 unspecified atom stereocenters. The maximum atomic E-state index is 12.8. The van der Waals surface area contributed by atoms with Gasteiger partial charge in [-0.2, -0.15) is 0 Å². The summed E-state index contributed by atoms with van der Waals surface area (Å²) in [4.78, 5) is 14.3. The van der Waals surface area contributed by atoms with Crippen LogP contribution in [0.3, 0.4) is 0 Å². The van der Waals surface area contributed by atoms with Crippen LogP contribution < -0.4 is 9.47 Å². The smallest absolute Gasteiger partial charge is 0.277 e. The van der Waals surface area contributed by atoms with Crippen LogP contribution in [0.15, 0.2) is 27.8 Å². The normalized spacial score (nSPS) is 19.2. The number of rotatable bonds is 8. The van der Waals surface area contributed by atoms with Crippen molar-refractivity contribution in [2.24, 2.45) is 0 Å². The lowest BCUT2D eigenvalue weighted by atomic mass is 10.2. The van der Waals surface area contributed by atoms with Crippen molar-refractivity contribution in [1.82, 2.24) is 15.1 Å². The predicted molar refractivity (Wildman–Crippen MR) is 107 cm³/mol. The van der Waals surface area contributed by atoms with E-state index in [0.29, 0.717) is 42.5 Å². The molecule has 0 N–H and O–H groups in total. The molecule has 3 heterocycles. The number of fused-ring (bicyclic) bond motifs is 1. The van der Waals surface area contributed by atoms with Gasteiger partial charge in [-0.3, -0.25) is 4.79 Å². The number of hydrogen-bond acceptors (Lipinski definition) is 10. The molecule has 0 bridgehead atoms. The number of nitrogens with zero attached hydrogens (tertiary/aromatic N) is 3. The number of carbonyl (C=O) groups excluding carboxylic acids is 1. The molecule has 1 aromatic heterocycles. The Hall–Kier alpha value is -2.31. The van der Waals surface area contributed by atoms with Crippen LogP contribution in [0, 0.1) is 0 Å². The Bertz CT molecular complexity index is 1020. The van der Waals surface area contributed by atoms with Crippen molar-refractivity contribution in [3.05, 3.63) is 18.2 Å². The molecule has 1 aromatic carbocycles. The van der Waals surface area contributed by atoms with Crippen molar-refractivity contribution in [2.75, 3.05) is 44.3 Å². The van der Waals surface area contributed by atoms with Gasteiger partial charge in [0.15, 0.2) is 21.3 Å². The fraction of sp³-hybridized carbons (Fsp3) is 0.500. The highest BCUT2D eigenvalue weighted by molar-refractivity contribution is 7.99. The number of aromatic nitrogens is 2. The molecule has 2 aromatic rings. The van der Waals surface area contributed by atoms with E-state index in [0.717, 1.165) is 11.8 Å². The first-order valence-electron chi connectivity index (χ1n) is 9.30. The second-order valence-electron chi connectivity index (χ2n) is 6.87. The van der Waals surface area contributed by atoms with Crippen LogP contribution in [-0.4, -0.2) is 79.8 Å². The van der Waals surface area contributed by atoms with E-state index in [1.807, 2.05) is 0 Å². The Kier molecular flexibility index (Phi) is 6.16. The molecule has 30 heavy (non-hydrogen) atoms. The molecule has 0 saturated carbocycles. The Morgan fingerprint density at radius 2 is 2.13 bits per heavy atom. The minimum absolute atomic E-state index is 0.0120. The number of methoxy groups -OCH3 is 1. The molecule has 1 saturated heterocycles. The van der Waals surface area contributed by atoms with E-state index >= 15 is 0 Å². The average molecular weight is 456 g/mol. The Balaban J connectivity index is 1.39. The van der Waals surface area contributed by atoms with Crippen molar-refractivity contribution in [1.29, 1.82) is 0 Å². The van der Waals surface area contributed by atoms with Crippen molar-refractivity contribution in [2.45, 2.75) is 17.7 Å². The molecule has 0 aliphatic carbocycles. The van der Waals surface area contributed by atoms with Crippen LogP contribution >= 0.6 is 11.8 Å². The van der Waals surface area contributed by atoms with Gasteiger partial charge in [0.1, 0.15) is 0 Å². The molecule has 4 rings (SSSR count). The Morgan fingerprint density at radius 1 is 1.30 bits per heavy atom. The summed E-state index contributed by atoms with van der Waals surface area (Å²) in [5.41, 5.74) is 0.683. The van der Waals surface area contributed by atoms with Crippen molar-refractivity contribution >= 4 is 27.5 Å². The first-order chi connectivity index (χ1) is 14.4. The highest BCUT2D eigenvalue weighted by atomic mass is 32.2. The van der Waals surface area contributed by atoms with Crippen LogP contribution in [-0.2, 0) is 19.4 Å². The zero-order chi connectivity index (χ0) is 21.1. The van der Waals surface area contributed by atoms with Crippen molar-refractivity contribution < 1.29 is 31.8 Å². The topological polar surface area (TPSA) is 121 Å². The molecule has 1 amide bonds. The average Bonchev–Trinajstić information content (AvgIpc) is 3.45. The van der Waals surface area contributed by atoms with Gasteiger partial charge < -0.3 is 23.5 Å². The molecule has 162 valence electrons. The van der Waals surface area contributed by atoms with E-state index in [4.69, 9.17) is 18.6 Å². The number of hydrogen-bond donors (Lipinski definition) is 0. The van der Waals surface area contributed by atoms with E-state index in [1.165, 1.54) is 0 Å². The molecular formula is C18H21N3O7S2. The Labute approximate surface area is 177 Å². The van der Waals surface area contributed by atoms with Gasteiger partial charge in [0.25, 0.3) is 5.22 Å². The van der Waals surface area contributed by atoms with Crippen LogP contribution in [0.25, 0.3) is 11.5 Å². The fourth-order valence-corrected chi connectivity index (χ4v) is 5.72. The monoisotopic (exact) mass is 455 g/mol. The number of benzene rings is 1. The number of amides is 1. The van der Waals surface area contributed by atoms with E-state index in [1.54, 1.807) is 30.2 Å². The van der Waals surface area contributed by atoms with Gasteiger partial charge in [-0.15, -0.1) is 10.2 Å². The molecule has 0 spiro atoms. The molecule has 1 atom stereocenters. The number of sulfone groups is 1. The summed E-state index contributed by atoms with van der Waals surface area (Å²) in [7, 11) is -1.56. The standard InChI is InChI=1S/C18H21N3O7S2/c1-25-6-5-21(13-4-7-30(23,24)10-13)16(22)9-29-18-20-19-17(28-18)12-2-3-14-15(8-12)27-11-26-14/h2-3,8,13H,4-7,9-11H2,1H3/t13-/m0/s1. The van der Waals surface area contributed by atoms with Gasteiger partial charge in [-0.05, 0) is 24.6 Å². The summed E-state index contributed by atoms with van der Waals surface area (Å²) < 4.78 is 45.0. The van der Waals surface area contributed by atoms with Crippen LogP contribution in [0.4, 0.5) is 0 Å². The molecule has 1 fully saturated rings. The van der Waals surface area contributed by atoms with Gasteiger partial charge in [0.05, 0.1) is 23.9 Å². The zero-order valence-corrected chi connectivity index (χ0v) is 17.9. The Morgan fingerprint density at radius 3 is 2.90 bits per heavy atom. The predicted octanol–water partition coefficient (Wildman–Crippen LogP) is 1.22. The molecule has 12 heteroatoms. The summed E-state index contributed by atoms with van der Waals surface area (Å²) in [6, 6.07) is 4.97. The molecule has 0 radical (unpaired) electrons. The maximum absolute atomic E-state index is 12.8. The largest absolute Gasteiger partial charge is 0.454 e. The fourth-order valence-electron chi connectivity index (χ4n) is 3.34. The third-order valence-corrected chi connectivity index (χ3v) is 7.40. The van der Waals surface area contributed by atoms with E-state index in [9.17, 15) is 13.2 Å². The number of carbonyl (C=O) groups is 1. The van der Waals surface area contributed by atoms with E-state index in [-0.39, 0.29) is 41.2 Å².